The molecule has 2 unspecified atom stereocenters. The maximum Gasteiger partial charge on any atom is 0.147 e. The molecule has 0 amide bonds. The van der Waals surface area contributed by atoms with Crippen molar-refractivity contribution in [3.63, 3.8) is 0 Å². The molecule has 4 nitrogen and oxygen atoms in total. The van der Waals surface area contributed by atoms with Crippen molar-refractivity contribution in [1.82, 2.24) is 14.9 Å². The largest absolute Gasteiger partial charge is 0.376 e. The number of ether oxygens (including phenoxy) is 1. The van der Waals surface area contributed by atoms with E-state index in [1.54, 1.807) is 12.4 Å². The lowest BCUT2D eigenvalue weighted by Crippen LogP contribution is -2.48. The summed E-state index contributed by atoms with van der Waals surface area (Å²) in [7, 11) is 0. The highest BCUT2D eigenvalue weighted by Gasteiger charge is 2.25. The van der Waals surface area contributed by atoms with Gasteiger partial charge in [-0.3, -0.25) is 9.88 Å². The van der Waals surface area contributed by atoms with Gasteiger partial charge in [-0.1, -0.05) is 18.5 Å². The van der Waals surface area contributed by atoms with Crippen LogP contribution in [0.25, 0.3) is 0 Å². The van der Waals surface area contributed by atoms with Crippen LogP contribution in [0.5, 0.6) is 0 Å². The Bertz CT molecular complexity index is 357. The number of hydrogen-bond donors (Lipinski definition) is 0. The summed E-state index contributed by atoms with van der Waals surface area (Å²) in [6.07, 6.45) is 4.73. The molecule has 0 bridgehead atoms. The van der Waals surface area contributed by atoms with Crippen LogP contribution >= 0.6 is 11.6 Å². The fourth-order valence-electron chi connectivity index (χ4n) is 2.11. The maximum absolute atomic E-state index is 5.73. The molecular formula is C12H18ClN3O. The summed E-state index contributed by atoms with van der Waals surface area (Å²) in [5, 5.41) is 0.441. The third-order valence-corrected chi connectivity index (χ3v) is 3.29. The maximum atomic E-state index is 5.73. The Labute approximate surface area is 107 Å². The first-order chi connectivity index (χ1) is 8.19. The van der Waals surface area contributed by atoms with Gasteiger partial charge >= 0.3 is 0 Å². The van der Waals surface area contributed by atoms with Crippen molar-refractivity contribution in [2.75, 3.05) is 13.2 Å². The molecular weight excluding hydrogens is 238 g/mol. The van der Waals surface area contributed by atoms with Crippen molar-refractivity contribution in [2.45, 2.75) is 39.0 Å². The summed E-state index contributed by atoms with van der Waals surface area (Å²) in [5.41, 5.74) is 0.960. The van der Waals surface area contributed by atoms with Crippen LogP contribution < -0.4 is 0 Å². The van der Waals surface area contributed by atoms with Crippen molar-refractivity contribution in [1.29, 1.82) is 0 Å². The van der Waals surface area contributed by atoms with E-state index in [-0.39, 0.29) is 6.10 Å². The molecule has 2 heterocycles. The first-order valence-electron chi connectivity index (χ1n) is 6.01. The summed E-state index contributed by atoms with van der Waals surface area (Å²) in [6, 6.07) is 0.476. The topological polar surface area (TPSA) is 38.2 Å². The van der Waals surface area contributed by atoms with Gasteiger partial charge < -0.3 is 4.74 Å². The SMILES string of the molecule is CCC1COC(C)CN1Cc1cnc(Cl)cn1. The number of nitrogens with zero attached hydrogens (tertiary/aromatic N) is 3. The Morgan fingerprint density at radius 2 is 2.29 bits per heavy atom. The van der Waals surface area contributed by atoms with Gasteiger partial charge in [0.25, 0.3) is 0 Å². The van der Waals surface area contributed by atoms with Crippen molar-refractivity contribution < 1.29 is 4.74 Å². The Morgan fingerprint density at radius 1 is 1.47 bits per heavy atom. The molecule has 1 aliphatic heterocycles. The second-order valence-electron chi connectivity index (χ2n) is 4.47. The zero-order valence-corrected chi connectivity index (χ0v) is 11.0. The molecule has 0 aromatic carbocycles. The summed E-state index contributed by atoms with van der Waals surface area (Å²) >= 11 is 5.73. The number of morpholine rings is 1. The zero-order valence-electron chi connectivity index (χ0n) is 10.3. The van der Waals surface area contributed by atoms with Crippen LogP contribution in [0.3, 0.4) is 0 Å². The molecule has 0 spiro atoms. The minimum Gasteiger partial charge on any atom is -0.376 e. The van der Waals surface area contributed by atoms with Gasteiger partial charge in [0.1, 0.15) is 5.15 Å². The minimum atomic E-state index is 0.290. The van der Waals surface area contributed by atoms with Gasteiger partial charge in [0.15, 0.2) is 0 Å². The molecule has 17 heavy (non-hydrogen) atoms. The third-order valence-electron chi connectivity index (χ3n) is 3.09. The third kappa shape index (κ3) is 3.37. The van der Waals surface area contributed by atoms with Crippen LogP contribution in [-0.4, -0.2) is 40.2 Å². The van der Waals surface area contributed by atoms with Crippen molar-refractivity contribution in [3.05, 3.63) is 23.2 Å². The Balaban J connectivity index is 2.02. The van der Waals surface area contributed by atoms with Gasteiger partial charge in [0.2, 0.25) is 0 Å². The van der Waals surface area contributed by atoms with Gasteiger partial charge in [-0.15, -0.1) is 0 Å². The molecule has 1 aromatic heterocycles. The second-order valence-corrected chi connectivity index (χ2v) is 4.85. The van der Waals surface area contributed by atoms with Crippen LogP contribution in [0.4, 0.5) is 0 Å². The van der Waals surface area contributed by atoms with Crippen LogP contribution in [0.2, 0.25) is 5.15 Å². The monoisotopic (exact) mass is 255 g/mol. The van der Waals surface area contributed by atoms with E-state index in [1.807, 2.05) is 0 Å². The highest BCUT2D eigenvalue weighted by molar-refractivity contribution is 6.29. The molecule has 2 rings (SSSR count). The molecule has 5 heteroatoms. The molecule has 1 fully saturated rings. The molecule has 94 valence electrons. The van der Waals surface area contributed by atoms with Gasteiger partial charge in [-0.2, -0.15) is 0 Å². The van der Waals surface area contributed by atoms with Crippen molar-refractivity contribution in [3.8, 4) is 0 Å². The Kier molecular flexibility index (Phi) is 4.31. The molecule has 2 atom stereocenters. The Morgan fingerprint density at radius 3 is 2.94 bits per heavy atom. The number of halogens is 1. The zero-order chi connectivity index (χ0) is 12.3. The van der Waals surface area contributed by atoms with Crippen LogP contribution in [0.1, 0.15) is 26.0 Å². The summed E-state index contributed by atoms with van der Waals surface area (Å²) in [5.74, 6) is 0. The van der Waals surface area contributed by atoms with Crippen molar-refractivity contribution >= 4 is 11.6 Å². The second kappa shape index (κ2) is 5.76. The Hall–Kier alpha value is -0.710. The average molecular weight is 256 g/mol. The van der Waals surface area contributed by atoms with Crippen LogP contribution in [0.15, 0.2) is 12.4 Å². The standard InChI is InChI=1S/C12H18ClN3O/c1-3-11-8-17-9(2)6-16(11)7-10-4-15-12(13)5-14-10/h4-5,9,11H,3,6-8H2,1-2H3. The fourth-order valence-corrected chi connectivity index (χ4v) is 2.21. The summed E-state index contributed by atoms with van der Waals surface area (Å²) in [4.78, 5) is 10.8. The molecule has 0 N–H and O–H groups in total. The molecule has 0 saturated carbocycles. The first-order valence-corrected chi connectivity index (χ1v) is 6.39. The lowest BCUT2D eigenvalue weighted by atomic mass is 10.1. The van der Waals surface area contributed by atoms with E-state index in [9.17, 15) is 0 Å². The normalized spacial score (nSPS) is 26.1. The van der Waals surface area contributed by atoms with E-state index in [2.05, 4.69) is 28.7 Å². The fraction of sp³-hybridized carbons (Fsp3) is 0.667. The van der Waals surface area contributed by atoms with Crippen LogP contribution in [-0.2, 0) is 11.3 Å². The van der Waals surface area contributed by atoms with Gasteiger partial charge in [0, 0.05) is 19.1 Å². The van der Waals surface area contributed by atoms with E-state index in [4.69, 9.17) is 16.3 Å². The minimum absolute atomic E-state index is 0.290. The lowest BCUT2D eigenvalue weighted by Gasteiger charge is -2.37. The predicted octanol–water partition coefficient (Wildman–Crippen LogP) is 2.13. The number of aromatic nitrogens is 2. The van der Waals surface area contributed by atoms with Gasteiger partial charge in [-0.05, 0) is 13.3 Å². The number of rotatable bonds is 3. The molecule has 1 aliphatic rings. The van der Waals surface area contributed by atoms with E-state index in [0.717, 1.165) is 31.8 Å². The quantitative estimate of drug-likeness (QED) is 0.829. The molecule has 1 saturated heterocycles. The summed E-state index contributed by atoms with van der Waals surface area (Å²) in [6.45, 7) is 6.86. The lowest BCUT2D eigenvalue weighted by molar-refractivity contribution is -0.0596. The van der Waals surface area contributed by atoms with E-state index >= 15 is 0 Å². The smallest absolute Gasteiger partial charge is 0.147 e. The van der Waals surface area contributed by atoms with Crippen LogP contribution in [0, 0.1) is 0 Å². The van der Waals surface area contributed by atoms with Crippen molar-refractivity contribution in [2.24, 2.45) is 0 Å². The first kappa shape index (κ1) is 12.7. The highest BCUT2D eigenvalue weighted by Crippen LogP contribution is 2.16. The molecule has 1 aromatic rings. The van der Waals surface area contributed by atoms with Gasteiger partial charge in [0.05, 0.1) is 30.8 Å². The summed E-state index contributed by atoms with van der Waals surface area (Å²) < 4.78 is 5.67. The van der Waals surface area contributed by atoms with E-state index in [1.165, 1.54) is 0 Å². The molecule has 0 aliphatic carbocycles. The average Bonchev–Trinajstić information content (AvgIpc) is 2.32. The van der Waals surface area contributed by atoms with Gasteiger partial charge in [-0.25, -0.2) is 4.98 Å². The van der Waals surface area contributed by atoms with E-state index in [0.29, 0.717) is 11.2 Å². The number of hydrogen-bond acceptors (Lipinski definition) is 4. The highest BCUT2D eigenvalue weighted by atomic mass is 35.5. The predicted molar refractivity (Wildman–Crippen MR) is 66.9 cm³/mol. The van der Waals surface area contributed by atoms with E-state index < -0.39 is 0 Å². The molecule has 0 radical (unpaired) electrons.